The molecule has 2 saturated heterocycles. The second-order valence-corrected chi connectivity index (χ2v) is 11.5. The van der Waals surface area contributed by atoms with Crippen molar-refractivity contribution in [2.75, 3.05) is 6.79 Å². The van der Waals surface area contributed by atoms with Gasteiger partial charge in [0.05, 0.1) is 17.9 Å². The van der Waals surface area contributed by atoms with Crippen molar-refractivity contribution in [2.45, 2.75) is 81.9 Å². The van der Waals surface area contributed by atoms with Gasteiger partial charge in [0, 0.05) is 22.6 Å². The van der Waals surface area contributed by atoms with Gasteiger partial charge in [-0.1, -0.05) is 28.9 Å². The Bertz CT molecular complexity index is 1460. The number of hydrogen-bond donors (Lipinski definition) is 5. The summed E-state index contributed by atoms with van der Waals surface area (Å²) < 4.78 is 50.7. The quantitative estimate of drug-likeness (QED) is 0.153. The lowest BCUT2D eigenvalue weighted by atomic mass is 9.83. The molecule has 9 atom stereocenters. The molecule has 0 unspecified atom stereocenters. The van der Waals surface area contributed by atoms with Crippen LogP contribution in [-0.2, 0) is 30.4 Å². The van der Waals surface area contributed by atoms with Crippen LogP contribution < -0.4 is 10.1 Å². The summed E-state index contributed by atoms with van der Waals surface area (Å²) in [7, 11) is 0. The Hall–Kier alpha value is -3.21. The van der Waals surface area contributed by atoms with Gasteiger partial charge < -0.3 is 49.5 Å². The number of benzene rings is 2. The molecule has 5 rings (SSSR count). The molecular weight excluding hydrogens is 622 g/mol. The largest absolute Gasteiger partial charge is 0.462 e. The molecule has 3 fully saturated rings. The summed E-state index contributed by atoms with van der Waals surface area (Å²) in [5, 5.41) is 48.4. The molecule has 0 bridgehead atoms. The number of oxime groups is 1. The van der Waals surface area contributed by atoms with Crippen LogP contribution >= 0.6 is 11.6 Å². The number of rotatable bonds is 9. The summed E-state index contributed by atoms with van der Waals surface area (Å²) in [6, 6.07) is 6.87. The zero-order valence-electron chi connectivity index (χ0n) is 24.2. The van der Waals surface area contributed by atoms with Crippen molar-refractivity contribution in [3.05, 3.63) is 69.8 Å². The van der Waals surface area contributed by atoms with Gasteiger partial charge in [-0.15, -0.1) is 0 Å². The van der Waals surface area contributed by atoms with E-state index in [1.807, 2.05) is 0 Å². The molecule has 15 heteroatoms. The maximum atomic E-state index is 15.0. The number of aliphatic hydroxyl groups is 4. The third-order valence-corrected chi connectivity index (χ3v) is 8.03. The van der Waals surface area contributed by atoms with Gasteiger partial charge in [0.15, 0.2) is 11.6 Å². The normalized spacial score (nSPS) is 31.9. The summed E-state index contributed by atoms with van der Waals surface area (Å²) in [4.78, 5) is 18.0. The van der Waals surface area contributed by atoms with Crippen molar-refractivity contribution >= 4 is 29.3 Å². The van der Waals surface area contributed by atoms with E-state index in [0.29, 0.717) is 5.56 Å². The monoisotopic (exact) mass is 654 g/mol. The van der Waals surface area contributed by atoms with Crippen molar-refractivity contribution < 1.29 is 57.8 Å². The highest BCUT2D eigenvalue weighted by Gasteiger charge is 2.53. The summed E-state index contributed by atoms with van der Waals surface area (Å²) in [5.41, 5.74) is 0.948. The first kappa shape index (κ1) is 33.2. The molecule has 0 aromatic heterocycles. The fourth-order valence-electron chi connectivity index (χ4n) is 5.36. The SMILES string of the molecule is C/C(=C\c1ccc(O[C@@H]2C[C@H](O)[C@H](/C(C)=N/OCc3ccc(Cl)cc3F)O2)c(F)c1)C(=O)N[C@@H]1[C@H](O)[C@@H](O)[C@H]2OCO[C@H]2[C@@H]1O. The van der Waals surface area contributed by atoms with E-state index in [1.165, 1.54) is 37.3 Å². The maximum absolute atomic E-state index is 15.0. The molecule has 2 aromatic rings. The Labute approximate surface area is 261 Å². The molecule has 1 amide bonds. The predicted molar refractivity (Wildman–Crippen MR) is 154 cm³/mol. The molecule has 244 valence electrons. The van der Waals surface area contributed by atoms with Gasteiger partial charge in [-0.05, 0) is 49.8 Å². The van der Waals surface area contributed by atoms with Gasteiger partial charge in [-0.2, -0.15) is 0 Å². The van der Waals surface area contributed by atoms with Gasteiger partial charge in [0.25, 0.3) is 0 Å². The third-order valence-electron chi connectivity index (χ3n) is 7.79. The molecule has 5 N–H and O–H groups in total. The average Bonchev–Trinajstić information content (AvgIpc) is 3.63. The number of amides is 1. The first-order valence-electron chi connectivity index (χ1n) is 14.1. The van der Waals surface area contributed by atoms with Crippen molar-refractivity contribution in [3.63, 3.8) is 0 Å². The van der Waals surface area contributed by atoms with Crippen LogP contribution in [0, 0.1) is 11.6 Å². The van der Waals surface area contributed by atoms with Crippen molar-refractivity contribution in [1.82, 2.24) is 5.32 Å². The van der Waals surface area contributed by atoms with E-state index in [-0.39, 0.29) is 47.4 Å². The number of carbonyl (C=O) groups excluding carboxylic acids is 1. The molecule has 2 aliphatic heterocycles. The second-order valence-electron chi connectivity index (χ2n) is 11.0. The van der Waals surface area contributed by atoms with Crippen LogP contribution in [0.25, 0.3) is 6.08 Å². The van der Waals surface area contributed by atoms with Crippen LogP contribution in [0.2, 0.25) is 5.02 Å². The minimum absolute atomic E-state index is 0.00997. The number of nitrogens with one attached hydrogen (secondary N) is 1. The number of carbonyl (C=O) groups is 1. The second kappa shape index (κ2) is 14.1. The van der Waals surface area contributed by atoms with Crippen LogP contribution in [0.3, 0.4) is 0 Å². The predicted octanol–water partition coefficient (Wildman–Crippen LogP) is 1.79. The summed E-state index contributed by atoms with van der Waals surface area (Å²) in [5.74, 6) is -2.13. The highest BCUT2D eigenvalue weighted by molar-refractivity contribution is 6.30. The number of nitrogens with zero attached hydrogens (tertiary/aromatic N) is 1. The van der Waals surface area contributed by atoms with E-state index in [0.717, 1.165) is 12.1 Å². The smallest absolute Gasteiger partial charge is 0.247 e. The van der Waals surface area contributed by atoms with Crippen molar-refractivity contribution in [2.24, 2.45) is 5.16 Å². The van der Waals surface area contributed by atoms with Gasteiger partial charge in [-0.3, -0.25) is 4.79 Å². The number of halogens is 3. The fourth-order valence-corrected chi connectivity index (χ4v) is 5.52. The van der Waals surface area contributed by atoms with E-state index in [9.17, 15) is 34.0 Å². The number of hydrogen-bond acceptors (Lipinski definition) is 11. The van der Waals surface area contributed by atoms with Gasteiger partial charge >= 0.3 is 0 Å². The Morgan fingerprint density at radius 1 is 1.04 bits per heavy atom. The Kier molecular flexibility index (Phi) is 10.4. The van der Waals surface area contributed by atoms with Crippen molar-refractivity contribution in [1.29, 1.82) is 0 Å². The molecule has 1 saturated carbocycles. The topological polar surface area (TPSA) is 169 Å². The molecule has 1 aliphatic carbocycles. The highest BCUT2D eigenvalue weighted by atomic mass is 35.5. The van der Waals surface area contributed by atoms with E-state index in [1.54, 1.807) is 6.92 Å². The first-order valence-corrected chi connectivity index (χ1v) is 14.5. The van der Waals surface area contributed by atoms with E-state index >= 15 is 0 Å². The molecule has 0 radical (unpaired) electrons. The standard InChI is InChI=1S/C30H33ClF2N2O10/c1-13(30(40)34-23-24(37)26(39)29-28(25(23)38)41-12-42-29)7-15-3-6-21(19(33)8-15)44-22-10-20(36)27(45-22)14(2)35-43-11-16-4-5-17(31)9-18(16)32/h3-9,20,22-29,36-39H,10-12H2,1-2H3,(H,34,40)/b13-7+,35-14+/t20-,22-,23+,24-,25+,26+,27-,28-,29+/m0/s1. The minimum atomic E-state index is -1.51. The van der Waals surface area contributed by atoms with Crippen LogP contribution in [0.4, 0.5) is 8.78 Å². The zero-order valence-corrected chi connectivity index (χ0v) is 24.9. The average molecular weight is 655 g/mol. The van der Waals surface area contributed by atoms with Gasteiger partial charge in [-0.25, -0.2) is 8.78 Å². The number of fused-ring (bicyclic) bond motifs is 1. The van der Waals surface area contributed by atoms with E-state index in [4.69, 9.17) is 35.4 Å². The Morgan fingerprint density at radius 3 is 2.49 bits per heavy atom. The van der Waals surface area contributed by atoms with Crippen molar-refractivity contribution in [3.8, 4) is 5.75 Å². The highest BCUT2D eigenvalue weighted by Crippen LogP contribution is 2.31. The van der Waals surface area contributed by atoms with Crippen LogP contribution in [0.5, 0.6) is 5.75 Å². The molecular formula is C30H33ClF2N2O10. The third kappa shape index (κ3) is 7.45. The Morgan fingerprint density at radius 2 is 1.78 bits per heavy atom. The minimum Gasteiger partial charge on any atom is -0.462 e. The van der Waals surface area contributed by atoms with Crippen LogP contribution in [-0.4, -0.2) is 93.9 Å². The lowest BCUT2D eigenvalue weighted by Crippen LogP contribution is -2.67. The molecule has 2 heterocycles. The molecule has 0 spiro atoms. The molecule has 3 aliphatic rings. The molecule has 45 heavy (non-hydrogen) atoms. The Balaban J connectivity index is 1.15. The van der Waals surface area contributed by atoms with Gasteiger partial charge in [0.1, 0.15) is 55.8 Å². The van der Waals surface area contributed by atoms with E-state index < -0.39 is 72.6 Å². The lowest BCUT2D eigenvalue weighted by molar-refractivity contribution is -0.155. The van der Waals surface area contributed by atoms with E-state index in [2.05, 4.69) is 10.5 Å². The zero-order chi connectivity index (χ0) is 32.4. The number of ether oxygens (including phenoxy) is 4. The summed E-state index contributed by atoms with van der Waals surface area (Å²) >= 11 is 5.75. The first-order chi connectivity index (χ1) is 21.4. The molecule has 2 aromatic carbocycles. The molecule has 12 nitrogen and oxygen atoms in total. The van der Waals surface area contributed by atoms with Crippen LogP contribution in [0.1, 0.15) is 31.4 Å². The van der Waals surface area contributed by atoms with Gasteiger partial charge in [0.2, 0.25) is 12.2 Å². The lowest BCUT2D eigenvalue weighted by Gasteiger charge is -2.41. The summed E-state index contributed by atoms with van der Waals surface area (Å²) in [6.45, 7) is 2.68. The van der Waals surface area contributed by atoms with Crippen LogP contribution in [0.15, 0.2) is 47.1 Å². The summed E-state index contributed by atoms with van der Waals surface area (Å²) in [6.07, 6.45) is -7.61. The maximum Gasteiger partial charge on any atom is 0.247 e. The number of aliphatic hydroxyl groups excluding tert-OH is 4. The fraction of sp³-hybridized carbons (Fsp3) is 0.467.